The summed E-state index contributed by atoms with van der Waals surface area (Å²) in [6.45, 7) is 3.92. The maximum Gasteiger partial charge on any atom is 0.330 e. The molecule has 0 aliphatic carbocycles. The highest BCUT2D eigenvalue weighted by Crippen LogP contribution is 2.24. The third kappa shape index (κ3) is 4.99. The summed E-state index contributed by atoms with van der Waals surface area (Å²) in [5.41, 5.74) is 0.884. The lowest BCUT2D eigenvalue weighted by Gasteiger charge is -2.14. The van der Waals surface area contributed by atoms with Crippen molar-refractivity contribution < 1.29 is 22.3 Å². The van der Waals surface area contributed by atoms with Crippen LogP contribution in [0, 0.1) is 0 Å². The molecule has 0 aliphatic rings. The molecule has 0 bridgehead atoms. The highest BCUT2D eigenvalue weighted by atomic mass is 32.1. The number of thiazole rings is 1. The number of rotatable bonds is 9. The molecule has 1 rings (SSSR count). The average molecular weight is 314 g/mol. The molecule has 0 fully saturated rings. The molecule has 0 aromatic carbocycles. The summed E-state index contributed by atoms with van der Waals surface area (Å²) in [4.78, 5) is 5.29. The smallest absolute Gasteiger partial charge is 0.330 e. The van der Waals surface area contributed by atoms with Crippen LogP contribution in [-0.4, -0.2) is 30.5 Å². The number of hydrogen-bond acceptors (Lipinski definition) is 4. The van der Waals surface area contributed by atoms with Crippen molar-refractivity contribution in [2.45, 2.75) is 45.8 Å². The van der Waals surface area contributed by atoms with Gasteiger partial charge in [0.05, 0.1) is 12.3 Å². The fourth-order valence-corrected chi connectivity index (χ4v) is 2.55. The van der Waals surface area contributed by atoms with E-state index in [0.29, 0.717) is 11.6 Å². The summed E-state index contributed by atoms with van der Waals surface area (Å²) in [6, 6.07) is 0. The van der Waals surface area contributed by atoms with Crippen LogP contribution in [0.3, 0.4) is 0 Å². The normalized spacial score (nSPS) is 12.3. The van der Waals surface area contributed by atoms with E-state index < -0.39 is 19.0 Å². The molecule has 0 saturated heterocycles. The van der Waals surface area contributed by atoms with E-state index in [4.69, 9.17) is 0 Å². The van der Waals surface area contributed by atoms with Gasteiger partial charge >= 0.3 is 12.3 Å². The molecule has 0 unspecified atom stereocenters. The first-order valence-corrected chi connectivity index (χ1v) is 7.14. The molecule has 1 heterocycles. The van der Waals surface area contributed by atoms with E-state index in [1.807, 2.05) is 13.8 Å². The van der Waals surface area contributed by atoms with Gasteiger partial charge in [0.15, 0.2) is 0 Å². The molecule has 1 aromatic heterocycles. The zero-order valence-electron chi connectivity index (χ0n) is 11.4. The van der Waals surface area contributed by atoms with Gasteiger partial charge in [-0.2, -0.15) is 8.78 Å². The van der Waals surface area contributed by atoms with Crippen LogP contribution < -0.4 is 5.32 Å². The van der Waals surface area contributed by atoms with Gasteiger partial charge in [0, 0.05) is 11.4 Å². The highest BCUT2D eigenvalue weighted by molar-refractivity contribution is 7.11. The first-order valence-electron chi connectivity index (χ1n) is 6.32. The third-order valence-electron chi connectivity index (χ3n) is 2.53. The molecule has 116 valence electrons. The van der Waals surface area contributed by atoms with Crippen molar-refractivity contribution in [3.63, 3.8) is 0 Å². The molecule has 20 heavy (non-hydrogen) atoms. The number of hydrogen-bond donors (Lipinski definition) is 1. The molecule has 1 N–H and O–H groups in total. The highest BCUT2D eigenvalue weighted by Gasteiger charge is 2.41. The zero-order valence-corrected chi connectivity index (χ0v) is 12.2. The SMILES string of the molecule is CCNCc1sc(COCC(F)(F)C(F)F)nc1CC. The van der Waals surface area contributed by atoms with Crippen molar-refractivity contribution >= 4 is 11.3 Å². The maximum atomic E-state index is 12.7. The lowest BCUT2D eigenvalue weighted by Crippen LogP contribution is -2.32. The Labute approximate surface area is 119 Å². The molecule has 0 radical (unpaired) electrons. The maximum absolute atomic E-state index is 12.7. The van der Waals surface area contributed by atoms with Crippen LogP contribution in [0.4, 0.5) is 17.6 Å². The number of ether oxygens (including phenoxy) is 1. The first kappa shape index (κ1) is 17.3. The van der Waals surface area contributed by atoms with Gasteiger partial charge in [-0.15, -0.1) is 11.3 Å². The van der Waals surface area contributed by atoms with Crippen LogP contribution in [-0.2, 0) is 24.3 Å². The van der Waals surface area contributed by atoms with Crippen molar-refractivity contribution in [2.24, 2.45) is 0 Å². The third-order valence-corrected chi connectivity index (χ3v) is 3.60. The molecule has 0 atom stereocenters. The van der Waals surface area contributed by atoms with Crippen LogP contribution in [0.1, 0.15) is 29.4 Å². The summed E-state index contributed by atoms with van der Waals surface area (Å²) in [5, 5.41) is 3.69. The minimum Gasteiger partial charge on any atom is -0.368 e. The summed E-state index contributed by atoms with van der Waals surface area (Å²) in [5.74, 6) is -4.11. The Morgan fingerprint density at radius 1 is 1.35 bits per heavy atom. The Bertz CT molecular complexity index is 412. The number of halogens is 4. The van der Waals surface area contributed by atoms with Gasteiger partial charge in [-0.1, -0.05) is 13.8 Å². The van der Waals surface area contributed by atoms with E-state index in [-0.39, 0.29) is 6.61 Å². The quantitative estimate of drug-likeness (QED) is 0.711. The van der Waals surface area contributed by atoms with Gasteiger partial charge in [-0.3, -0.25) is 0 Å². The Kier molecular flexibility index (Phi) is 6.84. The van der Waals surface area contributed by atoms with Crippen LogP contribution in [0.5, 0.6) is 0 Å². The molecule has 0 amide bonds. The van der Waals surface area contributed by atoms with Crippen molar-refractivity contribution in [2.75, 3.05) is 13.2 Å². The molecule has 8 heteroatoms. The van der Waals surface area contributed by atoms with E-state index >= 15 is 0 Å². The number of alkyl halides is 4. The predicted octanol–water partition coefficient (Wildman–Crippen LogP) is 3.23. The Hall–Kier alpha value is -0.730. The monoisotopic (exact) mass is 314 g/mol. The number of aromatic nitrogens is 1. The fourth-order valence-electron chi connectivity index (χ4n) is 1.49. The second-order valence-corrected chi connectivity index (χ2v) is 5.33. The second kappa shape index (κ2) is 7.90. The molecule has 0 saturated carbocycles. The Morgan fingerprint density at radius 3 is 2.60 bits per heavy atom. The topological polar surface area (TPSA) is 34.1 Å². The second-order valence-electron chi connectivity index (χ2n) is 4.17. The van der Waals surface area contributed by atoms with E-state index in [0.717, 1.165) is 23.5 Å². The predicted molar refractivity (Wildman–Crippen MR) is 69.5 cm³/mol. The standard InChI is InChI=1S/C12H18F4N2OS/c1-3-8-9(5-17-4-2)20-10(18-8)6-19-7-12(15,16)11(13)14/h11,17H,3-7H2,1-2H3. The molecule has 3 nitrogen and oxygen atoms in total. The molecule has 1 aromatic rings. The molecule has 0 aliphatic heterocycles. The molecular weight excluding hydrogens is 296 g/mol. The van der Waals surface area contributed by atoms with Crippen LogP contribution >= 0.6 is 11.3 Å². The summed E-state index contributed by atoms with van der Waals surface area (Å²) in [6.07, 6.45) is -2.99. The number of nitrogens with one attached hydrogen (secondary N) is 1. The van der Waals surface area contributed by atoms with Gasteiger partial charge in [-0.05, 0) is 13.0 Å². The van der Waals surface area contributed by atoms with Gasteiger partial charge in [0.25, 0.3) is 0 Å². The summed E-state index contributed by atoms with van der Waals surface area (Å²) >= 11 is 1.35. The van der Waals surface area contributed by atoms with Crippen molar-refractivity contribution in [3.05, 3.63) is 15.6 Å². The van der Waals surface area contributed by atoms with E-state index in [1.54, 1.807) is 0 Å². The van der Waals surface area contributed by atoms with Gasteiger partial charge in [-0.25, -0.2) is 13.8 Å². The minimum absolute atomic E-state index is 0.175. The summed E-state index contributed by atoms with van der Waals surface area (Å²) in [7, 11) is 0. The van der Waals surface area contributed by atoms with E-state index in [2.05, 4.69) is 15.0 Å². The van der Waals surface area contributed by atoms with E-state index in [1.165, 1.54) is 11.3 Å². The number of aryl methyl sites for hydroxylation is 1. The van der Waals surface area contributed by atoms with Gasteiger partial charge in [0.2, 0.25) is 0 Å². The Morgan fingerprint density at radius 2 is 2.05 bits per heavy atom. The van der Waals surface area contributed by atoms with Crippen LogP contribution in [0.2, 0.25) is 0 Å². The van der Waals surface area contributed by atoms with Crippen molar-refractivity contribution in [3.8, 4) is 0 Å². The van der Waals surface area contributed by atoms with Crippen LogP contribution in [0.25, 0.3) is 0 Å². The molecular formula is C12H18F4N2OS. The fraction of sp³-hybridized carbons (Fsp3) is 0.750. The Balaban J connectivity index is 2.54. The zero-order chi connectivity index (χ0) is 15.2. The van der Waals surface area contributed by atoms with E-state index in [9.17, 15) is 17.6 Å². The van der Waals surface area contributed by atoms with Crippen LogP contribution in [0.15, 0.2) is 0 Å². The van der Waals surface area contributed by atoms with Crippen molar-refractivity contribution in [1.29, 1.82) is 0 Å². The van der Waals surface area contributed by atoms with Gasteiger partial charge in [0.1, 0.15) is 11.6 Å². The minimum atomic E-state index is -4.11. The average Bonchev–Trinajstić information content (AvgIpc) is 2.78. The van der Waals surface area contributed by atoms with Gasteiger partial charge < -0.3 is 10.1 Å². The summed E-state index contributed by atoms with van der Waals surface area (Å²) < 4.78 is 53.9. The lowest BCUT2D eigenvalue weighted by molar-refractivity contribution is -0.168. The first-order chi connectivity index (χ1) is 9.40. The number of nitrogens with zero attached hydrogens (tertiary/aromatic N) is 1. The van der Waals surface area contributed by atoms with Crippen molar-refractivity contribution in [1.82, 2.24) is 10.3 Å². The largest absolute Gasteiger partial charge is 0.368 e. The molecule has 0 spiro atoms. The lowest BCUT2D eigenvalue weighted by atomic mass is 10.3.